The first kappa shape index (κ1) is 13.1. The van der Waals surface area contributed by atoms with Gasteiger partial charge in [0.05, 0.1) is 7.11 Å². The Morgan fingerprint density at radius 1 is 1.28 bits per heavy atom. The second-order valence-electron chi connectivity index (χ2n) is 4.29. The van der Waals surface area contributed by atoms with Crippen molar-refractivity contribution < 1.29 is 9.84 Å². The summed E-state index contributed by atoms with van der Waals surface area (Å²) in [4.78, 5) is 2.30. The predicted molar refractivity (Wildman–Crippen MR) is 75.5 cm³/mol. The first-order valence-electron chi connectivity index (χ1n) is 6.07. The summed E-state index contributed by atoms with van der Waals surface area (Å²) in [5, 5.41) is 10.4. The Morgan fingerprint density at radius 3 is 2.61 bits per heavy atom. The number of thiophene rings is 1. The Labute approximate surface area is 112 Å². The number of benzene rings is 1. The standard InChI is InChI=1S/C15H18O2S/c1-4-12-6-8-14(18-12)15(16)11-5-7-13(17-3)10(2)9-11/h5-9,15-16H,4H2,1-3H3. The van der Waals surface area contributed by atoms with E-state index in [2.05, 4.69) is 13.0 Å². The molecule has 0 bridgehead atoms. The Balaban J connectivity index is 2.27. The number of aryl methyl sites for hydroxylation is 2. The van der Waals surface area contributed by atoms with Gasteiger partial charge in [-0.05, 0) is 48.7 Å². The molecule has 0 spiro atoms. The molecule has 3 heteroatoms. The average Bonchev–Trinajstić information content (AvgIpc) is 2.86. The summed E-state index contributed by atoms with van der Waals surface area (Å²) in [7, 11) is 1.66. The van der Waals surface area contributed by atoms with Crippen LogP contribution in [0.25, 0.3) is 0 Å². The highest BCUT2D eigenvalue weighted by Gasteiger charge is 2.13. The molecule has 0 radical (unpaired) electrons. The van der Waals surface area contributed by atoms with E-state index in [0.717, 1.165) is 28.2 Å². The molecule has 1 N–H and O–H groups in total. The van der Waals surface area contributed by atoms with E-state index in [-0.39, 0.29) is 0 Å². The summed E-state index contributed by atoms with van der Waals surface area (Å²) in [5.74, 6) is 0.853. The van der Waals surface area contributed by atoms with Gasteiger partial charge in [-0.15, -0.1) is 11.3 Å². The van der Waals surface area contributed by atoms with E-state index < -0.39 is 6.10 Å². The maximum atomic E-state index is 10.4. The molecule has 1 unspecified atom stereocenters. The minimum atomic E-state index is -0.542. The summed E-state index contributed by atoms with van der Waals surface area (Å²) in [6.45, 7) is 4.11. The molecule has 1 heterocycles. The SMILES string of the molecule is CCc1ccc(C(O)c2ccc(OC)c(C)c2)s1. The third kappa shape index (κ3) is 2.57. The van der Waals surface area contributed by atoms with Gasteiger partial charge in [0.1, 0.15) is 11.9 Å². The van der Waals surface area contributed by atoms with Gasteiger partial charge in [-0.2, -0.15) is 0 Å². The number of aliphatic hydroxyl groups excluding tert-OH is 1. The van der Waals surface area contributed by atoms with Crippen molar-refractivity contribution in [2.45, 2.75) is 26.4 Å². The number of methoxy groups -OCH3 is 1. The lowest BCUT2D eigenvalue weighted by Crippen LogP contribution is -1.98. The predicted octanol–water partition coefficient (Wildman–Crippen LogP) is 3.71. The molecule has 2 aromatic rings. The fraction of sp³-hybridized carbons (Fsp3) is 0.333. The second kappa shape index (κ2) is 5.55. The minimum absolute atomic E-state index is 0.542. The highest BCUT2D eigenvalue weighted by molar-refractivity contribution is 7.12. The van der Waals surface area contributed by atoms with Crippen LogP contribution in [0.2, 0.25) is 0 Å². The Bertz CT molecular complexity index is 531. The van der Waals surface area contributed by atoms with Crippen LogP contribution in [-0.2, 0) is 6.42 Å². The minimum Gasteiger partial charge on any atom is -0.496 e. The number of aliphatic hydroxyl groups is 1. The van der Waals surface area contributed by atoms with Gasteiger partial charge < -0.3 is 9.84 Å². The normalized spacial score (nSPS) is 12.4. The average molecular weight is 262 g/mol. The molecule has 0 aliphatic carbocycles. The number of hydrogen-bond acceptors (Lipinski definition) is 3. The maximum Gasteiger partial charge on any atom is 0.121 e. The fourth-order valence-corrected chi connectivity index (χ4v) is 2.93. The lowest BCUT2D eigenvalue weighted by atomic mass is 10.0. The molecule has 96 valence electrons. The van der Waals surface area contributed by atoms with Crippen molar-refractivity contribution >= 4 is 11.3 Å². The van der Waals surface area contributed by atoms with Gasteiger partial charge in [-0.25, -0.2) is 0 Å². The molecule has 1 aromatic heterocycles. The highest BCUT2D eigenvalue weighted by atomic mass is 32.1. The molecule has 0 amide bonds. The smallest absolute Gasteiger partial charge is 0.121 e. The van der Waals surface area contributed by atoms with Crippen molar-refractivity contribution in [1.82, 2.24) is 0 Å². The molecule has 1 aromatic carbocycles. The van der Waals surface area contributed by atoms with Crippen LogP contribution in [0.15, 0.2) is 30.3 Å². The highest BCUT2D eigenvalue weighted by Crippen LogP contribution is 2.30. The van der Waals surface area contributed by atoms with Gasteiger partial charge in [0, 0.05) is 9.75 Å². The molecular formula is C15H18O2S. The molecule has 0 fully saturated rings. The third-order valence-electron chi connectivity index (χ3n) is 3.04. The zero-order chi connectivity index (χ0) is 13.1. The van der Waals surface area contributed by atoms with Crippen molar-refractivity contribution in [2.24, 2.45) is 0 Å². The molecule has 0 aliphatic heterocycles. The monoisotopic (exact) mass is 262 g/mol. The summed E-state index contributed by atoms with van der Waals surface area (Å²) in [6.07, 6.45) is 0.471. The van der Waals surface area contributed by atoms with E-state index in [1.165, 1.54) is 4.88 Å². The van der Waals surface area contributed by atoms with E-state index in [1.54, 1.807) is 18.4 Å². The van der Waals surface area contributed by atoms with Crippen molar-refractivity contribution in [2.75, 3.05) is 7.11 Å². The Kier molecular flexibility index (Phi) is 4.04. The van der Waals surface area contributed by atoms with Crippen molar-refractivity contribution in [3.63, 3.8) is 0 Å². The van der Waals surface area contributed by atoms with Crippen molar-refractivity contribution in [3.05, 3.63) is 51.2 Å². The summed E-state index contributed by atoms with van der Waals surface area (Å²) in [5.41, 5.74) is 1.96. The molecule has 2 rings (SSSR count). The van der Waals surface area contributed by atoms with E-state index in [1.807, 2.05) is 31.2 Å². The quantitative estimate of drug-likeness (QED) is 0.910. The zero-order valence-corrected chi connectivity index (χ0v) is 11.8. The molecule has 0 aliphatic rings. The molecular weight excluding hydrogens is 244 g/mol. The summed E-state index contributed by atoms with van der Waals surface area (Å²) in [6, 6.07) is 9.90. The fourth-order valence-electron chi connectivity index (χ4n) is 1.97. The first-order chi connectivity index (χ1) is 8.65. The number of rotatable bonds is 4. The van der Waals surface area contributed by atoms with Crippen LogP contribution in [0.1, 0.15) is 33.9 Å². The van der Waals surface area contributed by atoms with Crippen LogP contribution < -0.4 is 4.74 Å². The summed E-state index contributed by atoms with van der Waals surface area (Å²) < 4.78 is 5.23. The van der Waals surface area contributed by atoms with Crippen LogP contribution in [0.3, 0.4) is 0 Å². The van der Waals surface area contributed by atoms with E-state index in [9.17, 15) is 5.11 Å². The molecule has 18 heavy (non-hydrogen) atoms. The first-order valence-corrected chi connectivity index (χ1v) is 6.88. The van der Waals surface area contributed by atoms with Crippen LogP contribution in [0, 0.1) is 6.92 Å². The third-order valence-corrected chi connectivity index (χ3v) is 4.32. The van der Waals surface area contributed by atoms with Crippen LogP contribution in [0.4, 0.5) is 0 Å². The molecule has 0 saturated heterocycles. The summed E-state index contributed by atoms with van der Waals surface area (Å²) >= 11 is 1.67. The van der Waals surface area contributed by atoms with Crippen molar-refractivity contribution in [1.29, 1.82) is 0 Å². The van der Waals surface area contributed by atoms with Crippen LogP contribution in [0.5, 0.6) is 5.75 Å². The largest absolute Gasteiger partial charge is 0.496 e. The van der Waals surface area contributed by atoms with Gasteiger partial charge in [0.2, 0.25) is 0 Å². The number of ether oxygens (including phenoxy) is 1. The van der Waals surface area contributed by atoms with Gasteiger partial charge in [-0.1, -0.05) is 13.0 Å². The van der Waals surface area contributed by atoms with E-state index >= 15 is 0 Å². The lowest BCUT2D eigenvalue weighted by Gasteiger charge is -2.12. The number of hydrogen-bond donors (Lipinski definition) is 1. The van der Waals surface area contributed by atoms with Gasteiger partial charge in [0.15, 0.2) is 0 Å². The Morgan fingerprint density at radius 2 is 2.06 bits per heavy atom. The van der Waals surface area contributed by atoms with E-state index in [0.29, 0.717) is 0 Å². The second-order valence-corrected chi connectivity index (χ2v) is 5.49. The molecule has 2 nitrogen and oxygen atoms in total. The van der Waals surface area contributed by atoms with Gasteiger partial charge >= 0.3 is 0 Å². The zero-order valence-electron chi connectivity index (χ0n) is 10.9. The van der Waals surface area contributed by atoms with Gasteiger partial charge in [-0.3, -0.25) is 0 Å². The van der Waals surface area contributed by atoms with Gasteiger partial charge in [0.25, 0.3) is 0 Å². The maximum absolute atomic E-state index is 10.4. The lowest BCUT2D eigenvalue weighted by molar-refractivity contribution is 0.224. The van der Waals surface area contributed by atoms with Crippen LogP contribution in [-0.4, -0.2) is 12.2 Å². The topological polar surface area (TPSA) is 29.5 Å². The van der Waals surface area contributed by atoms with Crippen molar-refractivity contribution in [3.8, 4) is 5.75 Å². The molecule has 1 atom stereocenters. The van der Waals surface area contributed by atoms with E-state index in [4.69, 9.17) is 4.74 Å². The molecule has 0 saturated carbocycles. The van der Waals surface area contributed by atoms with Crippen LogP contribution >= 0.6 is 11.3 Å². The Hall–Kier alpha value is -1.32.